The zero-order chi connectivity index (χ0) is 9.07. The summed E-state index contributed by atoms with van der Waals surface area (Å²) in [4.78, 5) is 0. The van der Waals surface area contributed by atoms with Gasteiger partial charge in [0.25, 0.3) is 0 Å². The van der Waals surface area contributed by atoms with Crippen LogP contribution in [0.1, 0.15) is 19.8 Å². The fraction of sp³-hybridized carbons (Fsp3) is 1.00. The maximum atomic E-state index is 5.32. The summed E-state index contributed by atoms with van der Waals surface area (Å²) in [5.41, 5.74) is 0. The SMILES string of the molecule is CCCOCCCNCCOC. The smallest absolute Gasteiger partial charge is 0.0587 e. The molecule has 1 N–H and O–H groups in total. The number of rotatable bonds is 9. The van der Waals surface area contributed by atoms with E-state index in [4.69, 9.17) is 9.47 Å². The van der Waals surface area contributed by atoms with Gasteiger partial charge in [-0.25, -0.2) is 0 Å². The second-order valence-corrected chi connectivity index (χ2v) is 2.71. The number of hydrogen-bond acceptors (Lipinski definition) is 3. The number of methoxy groups -OCH3 is 1. The van der Waals surface area contributed by atoms with Crippen molar-refractivity contribution in [3.63, 3.8) is 0 Å². The zero-order valence-corrected chi connectivity index (χ0v) is 8.27. The summed E-state index contributed by atoms with van der Waals surface area (Å²) in [5.74, 6) is 0. The maximum Gasteiger partial charge on any atom is 0.0587 e. The molecule has 0 spiro atoms. The maximum absolute atomic E-state index is 5.32. The second-order valence-electron chi connectivity index (χ2n) is 2.71. The molecule has 0 radical (unpaired) electrons. The van der Waals surface area contributed by atoms with E-state index < -0.39 is 0 Å². The molecule has 0 atom stereocenters. The van der Waals surface area contributed by atoms with Gasteiger partial charge in [0.05, 0.1) is 6.61 Å². The fourth-order valence-electron chi connectivity index (χ4n) is 0.845. The summed E-state index contributed by atoms with van der Waals surface area (Å²) in [5, 5.41) is 3.26. The van der Waals surface area contributed by atoms with E-state index in [0.717, 1.165) is 45.8 Å². The summed E-state index contributed by atoms with van der Waals surface area (Å²) in [7, 11) is 1.71. The highest BCUT2D eigenvalue weighted by molar-refractivity contribution is 4.45. The van der Waals surface area contributed by atoms with Crippen LogP contribution in [0.3, 0.4) is 0 Å². The van der Waals surface area contributed by atoms with Crippen LogP contribution < -0.4 is 5.32 Å². The molecule has 0 heterocycles. The van der Waals surface area contributed by atoms with Crippen molar-refractivity contribution in [2.24, 2.45) is 0 Å². The van der Waals surface area contributed by atoms with Gasteiger partial charge in [0.2, 0.25) is 0 Å². The van der Waals surface area contributed by atoms with Gasteiger partial charge in [-0.05, 0) is 19.4 Å². The minimum Gasteiger partial charge on any atom is -0.383 e. The van der Waals surface area contributed by atoms with Crippen molar-refractivity contribution in [3.05, 3.63) is 0 Å². The van der Waals surface area contributed by atoms with Crippen LogP contribution in [-0.4, -0.2) is 40.0 Å². The summed E-state index contributed by atoms with van der Waals surface area (Å²) >= 11 is 0. The van der Waals surface area contributed by atoms with Gasteiger partial charge in [-0.15, -0.1) is 0 Å². The van der Waals surface area contributed by atoms with Crippen molar-refractivity contribution in [1.29, 1.82) is 0 Å². The second kappa shape index (κ2) is 10.9. The Bertz CT molecular complexity index is 68.9. The number of ether oxygens (including phenoxy) is 2. The fourth-order valence-corrected chi connectivity index (χ4v) is 0.845. The van der Waals surface area contributed by atoms with Gasteiger partial charge in [0, 0.05) is 26.9 Å². The standard InChI is InChI=1S/C9H21NO2/c1-3-7-12-8-4-5-10-6-9-11-2/h10H,3-9H2,1-2H3. The lowest BCUT2D eigenvalue weighted by atomic mass is 10.4. The van der Waals surface area contributed by atoms with E-state index in [9.17, 15) is 0 Å². The summed E-state index contributed by atoms with van der Waals surface area (Å²) in [6, 6.07) is 0. The van der Waals surface area contributed by atoms with E-state index in [0.29, 0.717) is 0 Å². The lowest BCUT2D eigenvalue weighted by Gasteiger charge is -2.04. The minimum absolute atomic E-state index is 0.788. The molecule has 0 unspecified atom stereocenters. The van der Waals surface area contributed by atoms with Crippen LogP contribution in [0.5, 0.6) is 0 Å². The van der Waals surface area contributed by atoms with Gasteiger partial charge in [-0.3, -0.25) is 0 Å². The van der Waals surface area contributed by atoms with Crippen LogP contribution in [0.25, 0.3) is 0 Å². The van der Waals surface area contributed by atoms with Gasteiger partial charge in [-0.2, -0.15) is 0 Å². The molecule has 0 rings (SSSR count). The first-order chi connectivity index (χ1) is 5.91. The van der Waals surface area contributed by atoms with Gasteiger partial charge < -0.3 is 14.8 Å². The first kappa shape index (κ1) is 11.9. The van der Waals surface area contributed by atoms with Crippen LogP contribution >= 0.6 is 0 Å². The molecule has 0 fully saturated rings. The molecule has 3 heteroatoms. The normalized spacial score (nSPS) is 10.5. The van der Waals surface area contributed by atoms with Gasteiger partial charge in [0.1, 0.15) is 0 Å². The highest BCUT2D eigenvalue weighted by Gasteiger charge is 1.88. The highest BCUT2D eigenvalue weighted by Crippen LogP contribution is 1.83. The van der Waals surface area contributed by atoms with E-state index in [2.05, 4.69) is 12.2 Å². The molecule has 74 valence electrons. The topological polar surface area (TPSA) is 30.5 Å². The van der Waals surface area contributed by atoms with Crippen molar-refractivity contribution in [2.45, 2.75) is 19.8 Å². The van der Waals surface area contributed by atoms with E-state index >= 15 is 0 Å². The molecule has 0 aliphatic heterocycles. The molecule has 3 nitrogen and oxygen atoms in total. The first-order valence-corrected chi connectivity index (χ1v) is 4.69. The third kappa shape index (κ3) is 9.88. The molecule has 0 aromatic heterocycles. The first-order valence-electron chi connectivity index (χ1n) is 4.69. The predicted molar refractivity (Wildman–Crippen MR) is 50.5 cm³/mol. The van der Waals surface area contributed by atoms with E-state index in [1.807, 2.05) is 0 Å². The molecule has 0 bridgehead atoms. The van der Waals surface area contributed by atoms with E-state index in [-0.39, 0.29) is 0 Å². The highest BCUT2D eigenvalue weighted by atomic mass is 16.5. The van der Waals surface area contributed by atoms with Crippen LogP contribution in [0.15, 0.2) is 0 Å². The van der Waals surface area contributed by atoms with Crippen LogP contribution in [0.2, 0.25) is 0 Å². The van der Waals surface area contributed by atoms with Gasteiger partial charge >= 0.3 is 0 Å². The summed E-state index contributed by atoms with van der Waals surface area (Å²) < 4.78 is 10.2. The Kier molecular flexibility index (Phi) is 10.8. The molecular weight excluding hydrogens is 154 g/mol. The van der Waals surface area contributed by atoms with Crippen LogP contribution in [0.4, 0.5) is 0 Å². The minimum atomic E-state index is 0.788. The zero-order valence-electron chi connectivity index (χ0n) is 8.27. The Morgan fingerprint density at radius 3 is 2.58 bits per heavy atom. The molecule has 0 aliphatic carbocycles. The lowest BCUT2D eigenvalue weighted by Crippen LogP contribution is -2.21. The van der Waals surface area contributed by atoms with Crippen molar-refractivity contribution in [3.8, 4) is 0 Å². The summed E-state index contributed by atoms with van der Waals surface area (Å²) in [6.07, 6.45) is 2.20. The van der Waals surface area contributed by atoms with E-state index in [1.54, 1.807) is 7.11 Å². The molecule has 0 saturated carbocycles. The number of hydrogen-bond donors (Lipinski definition) is 1. The Morgan fingerprint density at radius 2 is 1.92 bits per heavy atom. The van der Waals surface area contributed by atoms with Crippen LogP contribution in [-0.2, 0) is 9.47 Å². The Hall–Kier alpha value is -0.120. The average Bonchev–Trinajstić information content (AvgIpc) is 2.10. The predicted octanol–water partition coefficient (Wildman–Crippen LogP) is 1.04. The molecule has 0 aromatic carbocycles. The Labute approximate surface area is 75.4 Å². The van der Waals surface area contributed by atoms with Gasteiger partial charge in [0.15, 0.2) is 0 Å². The molecule has 0 aromatic rings. The Balaban J connectivity index is 2.73. The third-order valence-corrected chi connectivity index (χ3v) is 1.47. The van der Waals surface area contributed by atoms with Crippen molar-refractivity contribution in [1.82, 2.24) is 5.32 Å². The lowest BCUT2D eigenvalue weighted by molar-refractivity contribution is 0.131. The number of nitrogens with one attached hydrogen (secondary N) is 1. The molecule has 0 saturated heterocycles. The van der Waals surface area contributed by atoms with Crippen molar-refractivity contribution >= 4 is 0 Å². The molecule has 0 amide bonds. The third-order valence-electron chi connectivity index (χ3n) is 1.47. The monoisotopic (exact) mass is 175 g/mol. The van der Waals surface area contributed by atoms with Crippen molar-refractivity contribution < 1.29 is 9.47 Å². The molecular formula is C9H21NO2. The largest absolute Gasteiger partial charge is 0.383 e. The van der Waals surface area contributed by atoms with Crippen LogP contribution in [0, 0.1) is 0 Å². The Morgan fingerprint density at radius 1 is 1.08 bits per heavy atom. The molecule has 12 heavy (non-hydrogen) atoms. The van der Waals surface area contributed by atoms with Gasteiger partial charge in [-0.1, -0.05) is 6.92 Å². The van der Waals surface area contributed by atoms with E-state index in [1.165, 1.54) is 0 Å². The average molecular weight is 175 g/mol. The quantitative estimate of drug-likeness (QED) is 0.531. The summed E-state index contributed by atoms with van der Waals surface area (Å²) in [6.45, 7) is 6.62. The van der Waals surface area contributed by atoms with Crippen molar-refractivity contribution in [2.75, 3.05) is 40.0 Å². The molecule has 0 aliphatic rings.